The van der Waals surface area contributed by atoms with Crippen LogP contribution >= 0.6 is 11.6 Å². The monoisotopic (exact) mass is 418 g/mol. The Morgan fingerprint density at radius 2 is 1.60 bits per heavy atom. The molecular weight excluding hydrogens is 400 g/mol. The summed E-state index contributed by atoms with van der Waals surface area (Å²) in [7, 11) is 3.03. The number of aromatic nitrogens is 1. The Balaban J connectivity index is 1.80. The molecule has 1 heterocycles. The first kappa shape index (κ1) is 19.7. The molecule has 0 fully saturated rings. The van der Waals surface area contributed by atoms with Crippen LogP contribution < -0.4 is 14.8 Å². The van der Waals surface area contributed by atoms with E-state index in [2.05, 4.69) is 5.32 Å². The van der Waals surface area contributed by atoms with Crippen LogP contribution in [-0.2, 0) is 0 Å². The average Bonchev–Trinajstić information content (AvgIpc) is 2.79. The van der Waals surface area contributed by atoms with Crippen LogP contribution in [0.1, 0.15) is 10.4 Å². The third-order valence-corrected chi connectivity index (χ3v) is 5.05. The van der Waals surface area contributed by atoms with E-state index in [4.69, 9.17) is 26.1 Å². The van der Waals surface area contributed by atoms with Crippen molar-refractivity contribution in [3.8, 4) is 22.8 Å². The van der Waals surface area contributed by atoms with Crippen molar-refractivity contribution in [3.63, 3.8) is 0 Å². The van der Waals surface area contributed by atoms with Crippen LogP contribution in [0.5, 0.6) is 11.5 Å². The molecule has 0 aliphatic heterocycles. The van der Waals surface area contributed by atoms with Gasteiger partial charge in [0, 0.05) is 23.1 Å². The number of nitrogens with one attached hydrogen (secondary N) is 1. The highest BCUT2D eigenvalue weighted by atomic mass is 35.5. The van der Waals surface area contributed by atoms with Gasteiger partial charge in [0.25, 0.3) is 5.91 Å². The van der Waals surface area contributed by atoms with E-state index in [0.29, 0.717) is 27.8 Å². The first-order valence-corrected chi connectivity index (χ1v) is 9.66. The number of halogens is 1. The lowest BCUT2D eigenvalue weighted by Gasteiger charge is -2.14. The molecule has 0 aliphatic rings. The van der Waals surface area contributed by atoms with Gasteiger partial charge in [-0.1, -0.05) is 60.1 Å². The maximum atomic E-state index is 13.3. The smallest absolute Gasteiger partial charge is 0.256 e. The van der Waals surface area contributed by atoms with E-state index in [1.807, 2.05) is 54.6 Å². The number of rotatable bonds is 5. The quantitative estimate of drug-likeness (QED) is 0.443. The summed E-state index contributed by atoms with van der Waals surface area (Å²) in [6.07, 6.45) is 0. The highest BCUT2D eigenvalue weighted by Gasteiger charge is 2.17. The topological polar surface area (TPSA) is 60.5 Å². The van der Waals surface area contributed by atoms with Crippen LogP contribution in [-0.4, -0.2) is 25.1 Å². The van der Waals surface area contributed by atoms with Crippen LogP contribution in [0.2, 0.25) is 5.02 Å². The minimum absolute atomic E-state index is 0.284. The zero-order valence-corrected chi connectivity index (χ0v) is 17.2. The molecule has 1 amide bonds. The Labute approximate surface area is 179 Å². The van der Waals surface area contributed by atoms with Crippen molar-refractivity contribution in [2.75, 3.05) is 19.5 Å². The van der Waals surface area contributed by atoms with Crippen molar-refractivity contribution in [2.24, 2.45) is 0 Å². The lowest BCUT2D eigenvalue weighted by atomic mass is 10.0. The molecular formula is C24H19ClN2O3. The number of pyridine rings is 1. The van der Waals surface area contributed by atoms with Gasteiger partial charge >= 0.3 is 0 Å². The number of hydrogen-bond acceptors (Lipinski definition) is 4. The molecule has 3 aromatic carbocycles. The molecule has 1 aromatic heterocycles. The largest absolute Gasteiger partial charge is 0.495 e. The molecule has 0 spiro atoms. The number of fused-ring (bicyclic) bond motifs is 1. The van der Waals surface area contributed by atoms with Gasteiger partial charge in [0.2, 0.25) is 0 Å². The Hall–Kier alpha value is -3.57. The van der Waals surface area contributed by atoms with Gasteiger partial charge in [-0.15, -0.1) is 0 Å². The SMILES string of the molecule is COc1cc(NC(=O)c2cc(-c3ccccc3)nc3ccccc23)c(OC)cc1Cl. The predicted octanol–water partition coefficient (Wildman–Crippen LogP) is 5.82. The number of ether oxygens (including phenoxy) is 2. The van der Waals surface area contributed by atoms with Gasteiger partial charge in [0.15, 0.2) is 0 Å². The van der Waals surface area contributed by atoms with E-state index in [9.17, 15) is 4.79 Å². The summed E-state index contributed by atoms with van der Waals surface area (Å²) in [5.41, 5.74) is 3.37. The number of nitrogens with zero attached hydrogens (tertiary/aromatic N) is 1. The molecule has 150 valence electrons. The second-order valence-corrected chi connectivity index (χ2v) is 6.99. The third-order valence-electron chi connectivity index (χ3n) is 4.75. The number of methoxy groups -OCH3 is 2. The molecule has 0 saturated heterocycles. The molecule has 0 radical (unpaired) electrons. The fourth-order valence-corrected chi connectivity index (χ4v) is 3.50. The van der Waals surface area contributed by atoms with Gasteiger partial charge in [-0.05, 0) is 12.1 Å². The van der Waals surface area contributed by atoms with Crippen molar-refractivity contribution < 1.29 is 14.3 Å². The van der Waals surface area contributed by atoms with Crippen molar-refractivity contribution in [1.82, 2.24) is 4.98 Å². The van der Waals surface area contributed by atoms with Crippen LogP contribution in [0, 0.1) is 0 Å². The normalized spacial score (nSPS) is 10.6. The number of anilines is 1. The predicted molar refractivity (Wildman–Crippen MR) is 120 cm³/mol. The number of amides is 1. The van der Waals surface area contributed by atoms with Crippen LogP contribution in [0.4, 0.5) is 5.69 Å². The van der Waals surface area contributed by atoms with Gasteiger partial charge in [0.1, 0.15) is 11.5 Å². The molecule has 0 bridgehead atoms. The summed E-state index contributed by atoms with van der Waals surface area (Å²) in [5, 5.41) is 4.08. The zero-order chi connectivity index (χ0) is 21.1. The van der Waals surface area contributed by atoms with Crippen LogP contribution in [0.15, 0.2) is 72.8 Å². The summed E-state index contributed by atoms with van der Waals surface area (Å²) >= 11 is 6.17. The summed E-state index contributed by atoms with van der Waals surface area (Å²) < 4.78 is 10.6. The molecule has 30 heavy (non-hydrogen) atoms. The van der Waals surface area contributed by atoms with E-state index in [1.54, 1.807) is 18.2 Å². The number of carbonyl (C=O) groups excluding carboxylic acids is 1. The van der Waals surface area contributed by atoms with E-state index >= 15 is 0 Å². The summed E-state index contributed by atoms with van der Waals surface area (Å²) in [6, 6.07) is 22.4. The zero-order valence-electron chi connectivity index (χ0n) is 16.5. The summed E-state index contributed by atoms with van der Waals surface area (Å²) in [5.74, 6) is 0.599. The van der Waals surface area contributed by atoms with E-state index < -0.39 is 0 Å². The molecule has 1 N–H and O–H groups in total. The number of para-hydroxylation sites is 1. The molecule has 0 saturated carbocycles. The van der Waals surface area contributed by atoms with Gasteiger partial charge in [-0.25, -0.2) is 4.98 Å². The van der Waals surface area contributed by atoms with E-state index in [-0.39, 0.29) is 5.91 Å². The summed E-state index contributed by atoms with van der Waals surface area (Å²) in [4.78, 5) is 18.0. The number of hydrogen-bond donors (Lipinski definition) is 1. The van der Waals surface area contributed by atoms with Gasteiger partial charge in [0.05, 0.1) is 41.7 Å². The Bertz CT molecular complexity index is 1230. The molecule has 4 aromatic rings. The van der Waals surface area contributed by atoms with Crippen LogP contribution in [0.3, 0.4) is 0 Å². The highest BCUT2D eigenvalue weighted by Crippen LogP contribution is 2.36. The maximum absolute atomic E-state index is 13.3. The van der Waals surface area contributed by atoms with Gasteiger partial charge in [-0.3, -0.25) is 4.79 Å². The Morgan fingerprint density at radius 3 is 2.33 bits per heavy atom. The van der Waals surface area contributed by atoms with Gasteiger partial charge in [-0.2, -0.15) is 0 Å². The molecule has 5 nitrogen and oxygen atoms in total. The van der Waals surface area contributed by atoms with Crippen molar-refractivity contribution in [1.29, 1.82) is 0 Å². The van der Waals surface area contributed by atoms with Crippen LogP contribution in [0.25, 0.3) is 22.2 Å². The standard InChI is InChI=1S/C24H19ClN2O3/c1-29-22-14-21(23(30-2)13-18(22)25)27-24(28)17-12-20(15-8-4-3-5-9-15)26-19-11-7-6-10-16(17)19/h3-14H,1-2H3,(H,27,28). The lowest BCUT2D eigenvalue weighted by Crippen LogP contribution is -2.14. The van der Waals surface area contributed by atoms with E-state index in [0.717, 1.165) is 22.2 Å². The average molecular weight is 419 g/mol. The summed E-state index contributed by atoms with van der Waals surface area (Å²) in [6.45, 7) is 0. The molecule has 6 heteroatoms. The number of carbonyl (C=O) groups is 1. The molecule has 0 unspecified atom stereocenters. The molecule has 4 rings (SSSR count). The first-order chi connectivity index (χ1) is 14.6. The number of benzene rings is 3. The second-order valence-electron chi connectivity index (χ2n) is 6.58. The lowest BCUT2D eigenvalue weighted by molar-refractivity contribution is 0.102. The van der Waals surface area contributed by atoms with Gasteiger partial charge < -0.3 is 14.8 Å². The Kier molecular flexibility index (Phi) is 5.55. The first-order valence-electron chi connectivity index (χ1n) is 9.29. The molecule has 0 atom stereocenters. The molecule has 0 aliphatic carbocycles. The van der Waals surface area contributed by atoms with Crippen molar-refractivity contribution >= 4 is 34.1 Å². The Morgan fingerprint density at radius 1 is 0.900 bits per heavy atom. The van der Waals surface area contributed by atoms with Crippen molar-refractivity contribution in [2.45, 2.75) is 0 Å². The third kappa shape index (κ3) is 3.80. The second kappa shape index (κ2) is 8.43. The fraction of sp³-hybridized carbons (Fsp3) is 0.0833. The van der Waals surface area contributed by atoms with E-state index in [1.165, 1.54) is 14.2 Å². The minimum Gasteiger partial charge on any atom is -0.495 e. The maximum Gasteiger partial charge on any atom is 0.256 e. The highest BCUT2D eigenvalue weighted by molar-refractivity contribution is 6.32. The fourth-order valence-electron chi connectivity index (χ4n) is 3.27. The van der Waals surface area contributed by atoms with Crippen molar-refractivity contribution in [3.05, 3.63) is 83.4 Å². The minimum atomic E-state index is -0.284.